The van der Waals surface area contributed by atoms with E-state index in [4.69, 9.17) is 19.9 Å². The normalized spacial score (nSPS) is 21.0. The minimum Gasteiger partial charge on any atom is -0.423 e. The summed E-state index contributed by atoms with van der Waals surface area (Å²) in [5.41, 5.74) is 0.219. The van der Waals surface area contributed by atoms with Crippen LogP contribution in [0.1, 0.15) is 46.6 Å². The molecule has 0 saturated heterocycles. The predicted molar refractivity (Wildman–Crippen MR) is 119 cm³/mol. The summed E-state index contributed by atoms with van der Waals surface area (Å²) >= 11 is 0. The molecule has 1 fully saturated rings. The fraction of sp³-hybridized carbons (Fsp3) is 0.609. The van der Waals surface area contributed by atoms with E-state index >= 15 is 0 Å². The molecule has 0 aromatic heterocycles. The summed E-state index contributed by atoms with van der Waals surface area (Å²) in [4.78, 5) is 44.1. The predicted octanol–water partition coefficient (Wildman–Crippen LogP) is 2.46. The Kier molecular flexibility index (Phi) is 9.80. The molecular weight excluding hydrogens is 446 g/mol. The van der Waals surface area contributed by atoms with Crippen LogP contribution in [0.3, 0.4) is 0 Å². The number of nitrogens with one attached hydrogen (secondary N) is 1. The number of alkyl carbamates (subject to hydrolysis) is 1. The highest BCUT2D eigenvalue weighted by Crippen LogP contribution is 2.55. The van der Waals surface area contributed by atoms with E-state index in [0.29, 0.717) is 19.5 Å². The van der Waals surface area contributed by atoms with Crippen LogP contribution in [0.25, 0.3) is 0 Å². The molecule has 190 valence electrons. The lowest BCUT2D eigenvalue weighted by Gasteiger charge is -2.26. The van der Waals surface area contributed by atoms with Gasteiger partial charge in [0.2, 0.25) is 12.2 Å². The minimum absolute atomic E-state index is 0.0349. The number of carbonyl (C=O) groups excluding carboxylic acids is 3. The molecule has 34 heavy (non-hydrogen) atoms. The molecule has 0 heterocycles. The molecule has 11 heteroatoms. The van der Waals surface area contributed by atoms with Gasteiger partial charge in [0, 0.05) is 26.6 Å². The second-order valence-corrected chi connectivity index (χ2v) is 8.53. The summed E-state index contributed by atoms with van der Waals surface area (Å²) in [5.74, 6) is -1.45. The van der Waals surface area contributed by atoms with Crippen molar-refractivity contribution in [3.05, 3.63) is 35.9 Å². The van der Waals surface area contributed by atoms with Gasteiger partial charge in [-0.3, -0.25) is 15.2 Å². The average molecular weight is 482 g/mol. The number of carbonyl (C=O) groups is 3. The van der Waals surface area contributed by atoms with Crippen LogP contribution in [0.2, 0.25) is 0 Å². The summed E-state index contributed by atoms with van der Waals surface area (Å²) in [6.07, 6.45) is -2.77. The minimum atomic E-state index is -1.31. The standard InChI is InChI=1S/C23H35N3O8/c1-6-25(7-2)21(28)23(17-11-9-8-10-12-17)13-18(23)14-24-22(29)33-16(5)32-20(27)19(15(3)4)34-26(30)31/h8-12,15-16,18-19,30-31H,6-7,13-14H2,1-5H3,(H,24,29)/t16?,18-,19+,23+/m1/s1. The van der Waals surface area contributed by atoms with Gasteiger partial charge in [-0.1, -0.05) is 44.2 Å². The molecule has 0 radical (unpaired) electrons. The lowest BCUT2D eigenvalue weighted by atomic mass is 9.91. The molecule has 11 nitrogen and oxygen atoms in total. The highest BCUT2D eigenvalue weighted by Gasteiger charge is 2.61. The maximum Gasteiger partial charge on any atom is 0.410 e. The van der Waals surface area contributed by atoms with Crippen LogP contribution >= 0.6 is 0 Å². The van der Waals surface area contributed by atoms with E-state index in [-0.39, 0.29) is 18.4 Å². The monoisotopic (exact) mass is 481 g/mol. The lowest BCUT2D eigenvalue weighted by Crippen LogP contribution is -2.42. The Labute approximate surface area is 199 Å². The van der Waals surface area contributed by atoms with E-state index in [1.165, 1.54) is 6.92 Å². The Morgan fingerprint density at radius 2 is 1.71 bits per heavy atom. The van der Waals surface area contributed by atoms with Gasteiger partial charge in [-0.15, -0.1) is 0 Å². The number of likely N-dealkylation sites (N-methyl/N-ethyl adjacent to an activating group) is 1. The Bertz CT molecular complexity index is 831. The van der Waals surface area contributed by atoms with E-state index in [2.05, 4.69) is 10.2 Å². The number of esters is 1. The highest BCUT2D eigenvalue weighted by atomic mass is 17.1. The second kappa shape index (κ2) is 12.1. The molecule has 3 N–H and O–H groups in total. The highest BCUT2D eigenvalue weighted by molar-refractivity contribution is 5.92. The van der Waals surface area contributed by atoms with E-state index in [0.717, 1.165) is 5.56 Å². The summed E-state index contributed by atoms with van der Waals surface area (Å²) < 4.78 is 10.1. The van der Waals surface area contributed by atoms with Crippen LogP contribution in [0.5, 0.6) is 0 Å². The summed E-state index contributed by atoms with van der Waals surface area (Å²) in [7, 11) is 0. The Balaban J connectivity index is 1.95. The summed E-state index contributed by atoms with van der Waals surface area (Å²) in [6, 6.07) is 9.52. The van der Waals surface area contributed by atoms with E-state index in [1.807, 2.05) is 44.2 Å². The van der Waals surface area contributed by atoms with Gasteiger partial charge in [-0.25, -0.2) is 14.4 Å². The SMILES string of the molecule is CCN(CC)C(=O)[C@]1(c2ccccc2)C[C@@H]1CNC(=O)OC(C)OC(=O)[C@@H](ON(O)O)C(C)C. The number of amides is 2. The Morgan fingerprint density at radius 1 is 1.09 bits per heavy atom. The van der Waals surface area contributed by atoms with Crippen molar-refractivity contribution in [3.63, 3.8) is 0 Å². The maximum absolute atomic E-state index is 13.3. The van der Waals surface area contributed by atoms with E-state index < -0.39 is 41.2 Å². The first-order valence-corrected chi connectivity index (χ1v) is 11.4. The smallest absolute Gasteiger partial charge is 0.410 e. The van der Waals surface area contributed by atoms with Crippen molar-refractivity contribution in [3.8, 4) is 0 Å². The van der Waals surface area contributed by atoms with Crippen LogP contribution in [0.15, 0.2) is 30.3 Å². The molecular formula is C23H35N3O8. The molecule has 1 aliphatic rings. The van der Waals surface area contributed by atoms with Gasteiger partial charge < -0.3 is 19.7 Å². The van der Waals surface area contributed by atoms with Gasteiger partial charge in [-0.05, 0) is 37.7 Å². The fourth-order valence-corrected chi connectivity index (χ4v) is 4.04. The van der Waals surface area contributed by atoms with Crippen molar-refractivity contribution in [1.82, 2.24) is 15.6 Å². The number of benzene rings is 1. The van der Waals surface area contributed by atoms with Gasteiger partial charge in [0.25, 0.3) is 0 Å². The zero-order valence-electron chi connectivity index (χ0n) is 20.3. The first-order valence-electron chi connectivity index (χ1n) is 11.4. The molecule has 1 aliphatic carbocycles. The molecule has 1 saturated carbocycles. The number of nitrogens with zero attached hydrogens (tertiary/aromatic N) is 2. The van der Waals surface area contributed by atoms with Gasteiger partial charge >= 0.3 is 12.1 Å². The van der Waals surface area contributed by atoms with Crippen LogP contribution in [-0.4, -0.2) is 70.7 Å². The van der Waals surface area contributed by atoms with Crippen molar-refractivity contribution in [2.45, 2.75) is 58.8 Å². The molecule has 0 bridgehead atoms. The fourth-order valence-electron chi connectivity index (χ4n) is 4.04. The first kappa shape index (κ1) is 27.5. The van der Waals surface area contributed by atoms with Crippen molar-refractivity contribution in [2.75, 3.05) is 19.6 Å². The second-order valence-electron chi connectivity index (χ2n) is 8.53. The molecule has 2 amide bonds. The van der Waals surface area contributed by atoms with Crippen molar-refractivity contribution >= 4 is 18.0 Å². The molecule has 0 aliphatic heterocycles. The maximum atomic E-state index is 13.3. The van der Waals surface area contributed by atoms with E-state index in [9.17, 15) is 14.4 Å². The van der Waals surface area contributed by atoms with Crippen molar-refractivity contribution in [2.24, 2.45) is 11.8 Å². The lowest BCUT2D eigenvalue weighted by molar-refractivity contribution is -0.504. The van der Waals surface area contributed by atoms with Crippen LogP contribution in [0.4, 0.5) is 4.79 Å². The number of hydrogen-bond donors (Lipinski definition) is 3. The average Bonchev–Trinajstić information content (AvgIpc) is 3.52. The van der Waals surface area contributed by atoms with E-state index in [1.54, 1.807) is 18.7 Å². The van der Waals surface area contributed by atoms with Crippen molar-refractivity contribution < 1.29 is 39.1 Å². The van der Waals surface area contributed by atoms with Gasteiger partial charge in [0.05, 0.1) is 10.8 Å². The number of rotatable bonds is 12. The van der Waals surface area contributed by atoms with Crippen LogP contribution < -0.4 is 5.32 Å². The molecule has 4 atom stereocenters. The zero-order chi connectivity index (χ0) is 25.5. The Morgan fingerprint density at radius 3 is 2.24 bits per heavy atom. The van der Waals surface area contributed by atoms with Gasteiger partial charge in [-0.2, -0.15) is 0 Å². The Hall–Kier alpha value is -2.73. The van der Waals surface area contributed by atoms with Crippen molar-refractivity contribution in [1.29, 1.82) is 0 Å². The molecule has 0 spiro atoms. The van der Waals surface area contributed by atoms with Gasteiger partial charge in [0.1, 0.15) is 0 Å². The molecule has 1 aromatic carbocycles. The summed E-state index contributed by atoms with van der Waals surface area (Å²) in [6.45, 7) is 9.85. The molecule has 1 aromatic rings. The van der Waals surface area contributed by atoms with Gasteiger partial charge in [0.15, 0.2) is 6.10 Å². The number of hydrogen-bond acceptors (Lipinski definition) is 9. The van der Waals surface area contributed by atoms with Crippen LogP contribution in [-0.2, 0) is 29.3 Å². The topological polar surface area (TPSA) is 138 Å². The zero-order valence-corrected chi connectivity index (χ0v) is 20.3. The third-order valence-corrected chi connectivity index (χ3v) is 5.92. The number of ether oxygens (including phenoxy) is 2. The van der Waals surface area contributed by atoms with Crippen LogP contribution in [0, 0.1) is 11.8 Å². The third kappa shape index (κ3) is 6.66. The largest absolute Gasteiger partial charge is 0.423 e. The summed E-state index contributed by atoms with van der Waals surface area (Å²) in [5, 5.41) is 19.7. The molecule has 1 unspecified atom stereocenters. The third-order valence-electron chi connectivity index (χ3n) is 5.92. The first-order chi connectivity index (χ1) is 16.1. The quantitative estimate of drug-likeness (QED) is 0.233. The molecule has 2 rings (SSSR count).